The van der Waals surface area contributed by atoms with Crippen molar-refractivity contribution in [1.82, 2.24) is 0 Å². The fourth-order valence-electron chi connectivity index (χ4n) is 0.130. The standard InChI is InChI=1S/C4H8Br2O2/c1-2(3(5)6)4(7)8/h2-4,7-8H,1H3. The van der Waals surface area contributed by atoms with Crippen LogP contribution in [0, 0.1) is 5.92 Å². The molecular formula is C4H8Br2O2. The average Bonchev–Trinajstić information content (AvgIpc) is 1.64. The first-order chi connectivity index (χ1) is 3.55. The highest BCUT2D eigenvalue weighted by molar-refractivity contribution is 9.24. The summed E-state index contributed by atoms with van der Waals surface area (Å²) in [4.78, 5) is 0. The van der Waals surface area contributed by atoms with Crippen LogP contribution < -0.4 is 0 Å². The molecule has 0 bridgehead atoms. The quantitative estimate of drug-likeness (QED) is 0.566. The lowest BCUT2D eigenvalue weighted by atomic mass is 10.2. The third-order valence-corrected chi connectivity index (χ3v) is 2.54. The number of rotatable bonds is 2. The number of alkyl halides is 2. The molecule has 4 heteroatoms. The fourth-order valence-corrected chi connectivity index (χ4v) is 0.676. The summed E-state index contributed by atoms with van der Waals surface area (Å²) < 4.78 is -0.0324. The topological polar surface area (TPSA) is 40.5 Å². The van der Waals surface area contributed by atoms with Crippen molar-refractivity contribution >= 4 is 31.9 Å². The molecule has 0 aliphatic rings. The lowest BCUT2D eigenvalue weighted by Crippen LogP contribution is -2.21. The molecule has 2 N–H and O–H groups in total. The molecule has 0 fully saturated rings. The van der Waals surface area contributed by atoms with Gasteiger partial charge in [-0.05, 0) is 0 Å². The minimum Gasteiger partial charge on any atom is -0.368 e. The zero-order chi connectivity index (χ0) is 6.73. The summed E-state index contributed by atoms with van der Waals surface area (Å²) >= 11 is 6.27. The van der Waals surface area contributed by atoms with Gasteiger partial charge in [-0.1, -0.05) is 38.8 Å². The highest BCUT2D eigenvalue weighted by Crippen LogP contribution is 2.20. The Hall–Kier alpha value is 0.880. The molecule has 0 aromatic carbocycles. The Balaban J connectivity index is 3.46. The Labute approximate surface area is 65.2 Å². The summed E-state index contributed by atoms with van der Waals surface area (Å²) in [5, 5.41) is 17.0. The molecule has 0 aliphatic carbocycles. The minimum atomic E-state index is -1.25. The summed E-state index contributed by atoms with van der Waals surface area (Å²) in [6.45, 7) is 1.72. The van der Waals surface area contributed by atoms with Crippen LogP contribution in [0.2, 0.25) is 0 Å². The molecule has 0 aliphatic heterocycles. The van der Waals surface area contributed by atoms with E-state index >= 15 is 0 Å². The number of aliphatic hydroxyl groups is 2. The molecule has 0 rings (SSSR count). The maximum atomic E-state index is 8.49. The Kier molecular flexibility index (Phi) is 4.24. The normalized spacial score (nSPS) is 15.4. The van der Waals surface area contributed by atoms with E-state index < -0.39 is 6.29 Å². The van der Waals surface area contributed by atoms with Crippen molar-refractivity contribution in [2.24, 2.45) is 5.92 Å². The van der Waals surface area contributed by atoms with E-state index in [4.69, 9.17) is 10.2 Å². The first kappa shape index (κ1) is 8.88. The summed E-state index contributed by atoms with van der Waals surface area (Å²) in [5.41, 5.74) is 0. The first-order valence-electron chi connectivity index (χ1n) is 2.20. The molecule has 0 aromatic heterocycles. The molecular weight excluding hydrogens is 240 g/mol. The van der Waals surface area contributed by atoms with E-state index in [0.717, 1.165) is 0 Å². The van der Waals surface area contributed by atoms with Gasteiger partial charge in [-0.15, -0.1) is 0 Å². The number of halogens is 2. The molecule has 0 spiro atoms. The Morgan fingerprint density at radius 3 is 1.62 bits per heavy atom. The highest BCUT2D eigenvalue weighted by atomic mass is 79.9. The van der Waals surface area contributed by atoms with Crippen LogP contribution in [0.15, 0.2) is 0 Å². The second kappa shape index (κ2) is 3.82. The fraction of sp³-hybridized carbons (Fsp3) is 1.00. The van der Waals surface area contributed by atoms with E-state index in [-0.39, 0.29) is 9.65 Å². The van der Waals surface area contributed by atoms with Gasteiger partial charge in [0.25, 0.3) is 0 Å². The van der Waals surface area contributed by atoms with Crippen LogP contribution in [-0.4, -0.2) is 20.2 Å². The zero-order valence-electron chi connectivity index (χ0n) is 4.38. The molecule has 0 aromatic rings. The summed E-state index contributed by atoms with van der Waals surface area (Å²) in [6, 6.07) is 0. The van der Waals surface area contributed by atoms with Crippen LogP contribution >= 0.6 is 31.9 Å². The van der Waals surface area contributed by atoms with Crippen LogP contribution in [0.5, 0.6) is 0 Å². The van der Waals surface area contributed by atoms with E-state index in [1.807, 2.05) is 0 Å². The molecule has 8 heavy (non-hydrogen) atoms. The van der Waals surface area contributed by atoms with Gasteiger partial charge < -0.3 is 10.2 Å². The predicted octanol–water partition coefficient (Wildman–Crippen LogP) is 1.05. The van der Waals surface area contributed by atoms with Crippen molar-refractivity contribution in [1.29, 1.82) is 0 Å². The van der Waals surface area contributed by atoms with Crippen molar-refractivity contribution in [3.63, 3.8) is 0 Å². The van der Waals surface area contributed by atoms with Crippen molar-refractivity contribution in [3.05, 3.63) is 0 Å². The van der Waals surface area contributed by atoms with Crippen molar-refractivity contribution in [2.75, 3.05) is 0 Å². The number of hydrogen-bond donors (Lipinski definition) is 2. The van der Waals surface area contributed by atoms with Crippen LogP contribution in [0.25, 0.3) is 0 Å². The van der Waals surface area contributed by atoms with Crippen LogP contribution in [-0.2, 0) is 0 Å². The third-order valence-electron chi connectivity index (χ3n) is 0.868. The smallest absolute Gasteiger partial charge is 0.155 e. The second-order valence-corrected chi connectivity index (χ2v) is 4.81. The summed E-state index contributed by atoms with van der Waals surface area (Å²) in [5.74, 6) is -0.185. The van der Waals surface area contributed by atoms with E-state index in [2.05, 4.69) is 31.9 Å². The largest absolute Gasteiger partial charge is 0.368 e. The Bertz CT molecular complexity index is 57.1. The van der Waals surface area contributed by atoms with Crippen LogP contribution in [0.1, 0.15) is 6.92 Å². The molecule has 50 valence electrons. The van der Waals surface area contributed by atoms with E-state index in [1.54, 1.807) is 6.92 Å². The molecule has 0 amide bonds. The Morgan fingerprint density at radius 1 is 1.25 bits per heavy atom. The number of hydrogen-bond acceptors (Lipinski definition) is 2. The third kappa shape index (κ3) is 3.02. The molecule has 1 atom stereocenters. The van der Waals surface area contributed by atoms with Gasteiger partial charge in [0.2, 0.25) is 0 Å². The van der Waals surface area contributed by atoms with Gasteiger partial charge in [0.15, 0.2) is 6.29 Å². The lowest BCUT2D eigenvalue weighted by Gasteiger charge is -2.13. The van der Waals surface area contributed by atoms with Crippen LogP contribution in [0.3, 0.4) is 0 Å². The maximum Gasteiger partial charge on any atom is 0.155 e. The molecule has 0 saturated heterocycles. The molecule has 0 radical (unpaired) electrons. The summed E-state index contributed by atoms with van der Waals surface area (Å²) in [7, 11) is 0. The van der Waals surface area contributed by atoms with Gasteiger partial charge in [-0.25, -0.2) is 0 Å². The number of aliphatic hydroxyl groups excluding tert-OH is 1. The highest BCUT2D eigenvalue weighted by Gasteiger charge is 2.16. The second-order valence-electron chi connectivity index (χ2n) is 1.61. The van der Waals surface area contributed by atoms with E-state index in [1.165, 1.54) is 0 Å². The Morgan fingerprint density at radius 2 is 1.62 bits per heavy atom. The van der Waals surface area contributed by atoms with E-state index in [9.17, 15) is 0 Å². The van der Waals surface area contributed by atoms with Crippen molar-refractivity contribution in [3.8, 4) is 0 Å². The van der Waals surface area contributed by atoms with Gasteiger partial charge in [0.1, 0.15) is 0 Å². The van der Waals surface area contributed by atoms with Gasteiger partial charge in [0.05, 0.1) is 3.74 Å². The van der Waals surface area contributed by atoms with Crippen molar-refractivity contribution < 1.29 is 10.2 Å². The van der Waals surface area contributed by atoms with E-state index in [0.29, 0.717) is 0 Å². The van der Waals surface area contributed by atoms with Crippen molar-refractivity contribution in [2.45, 2.75) is 17.0 Å². The molecule has 2 nitrogen and oxygen atoms in total. The van der Waals surface area contributed by atoms with Gasteiger partial charge >= 0.3 is 0 Å². The maximum absolute atomic E-state index is 8.49. The first-order valence-corrected chi connectivity index (χ1v) is 4.03. The molecule has 0 heterocycles. The van der Waals surface area contributed by atoms with Gasteiger partial charge in [-0.2, -0.15) is 0 Å². The predicted molar refractivity (Wildman–Crippen MR) is 39.0 cm³/mol. The zero-order valence-corrected chi connectivity index (χ0v) is 7.55. The lowest BCUT2D eigenvalue weighted by molar-refractivity contribution is -0.0730. The van der Waals surface area contributed by atoms with Gasteiger partial charge in [0, 0.05) is 5.92 Å². The van der Waals surface area contributed by atoms with Crippen LogP contribution in [0.4, 0.5) is 0 Å². The monoisotopic (exact) mass is 246 g/mol. The SMILES string of the molecule is CC(C(O)O)C(Br)Br. The average molecular weight is 248 g/mol. The minimum absolute atomic E-state index is 0.0324. The molecule has 1 unspecified atom stereocenters. The molecule has 0 saturated carbocycles. The van der Waals surface area contributed by atoms with Gasteiger partial charge in [-0.3, -0.25) is 0 Å². The summed E-state index contributed by atoms with van der Waals surface area (Å²) in [6.07, 6.45) is -1.25.